The molecule has 2 rings (SSSR count). The molecule has 1 saturated carbocycles. The molecule has 1 aromatic carbocycles. The second-order valence-electron chi connectivity index (χ2n) is 3.86. The van der Waals surface area contributed by atoms with Crippen LogP contribution in [0, 0.1) is 5.82 Å². The number of benzene rings is 1. The lowest BCUT2D eigenvalue weighted by Gasteiger charge is -2.15. The Morgan fingerprint density at radius 3 is 2.56 bits per heavy atom. The number of hydrogen-bond donors (Lipinski definition) is 2. The number of ether oxygens (including phenoxy) is 1. The quantitative estimate of drug-likeness (QED) is 0.822. The van der Waals surface area contributed by atoms with Crippen molar-refractivity contribution in [3.05, 3.63) is 23.5 Å². The van der Waals surface area contributed by atoms with E-state index in [1.165, 1.54) is 13.2 Å². The van der Waals surface area contributed by atoms with Crippen LogP contribution in [0.3, 0.4) is 0 Å². The highest BCUT2D eigenvalue weighted by molar-refractivity contribution is 5.86. The average Bonchev–Trinajstić information content (AvgIpc) is 3.02. The van der Waals surface area contributed by atoms with E-state index in [0.29, 0.717) is 18.4 Å². The lowest BCUT2D eigenvalue weighted by molar-refractivity contribution is -0.140. The van der Waals surface area contributed by atoms with E-state index in [9.17, 15) is 14.3 Å². The fourth-order valence-electron chi connectivity index (χ4n) is 1.85. The Kier molecular flexibility index (Phi) is 2.26. The molecule has 0 bridgehead atoms. The molecular formula is C11H11FO4. The number of carboxylic acids is 1. The molecule has 0 atom stereocenters. The summed E-state index contributed by atoms with van der Waals surface area (Å²) in [5.74, 6) is -2.51. The summed E-state index contributed by atoms with van der Waals surface area (Å²) in [7, 11) is 1.27. The smallest absolute Gasteiger partial charge is 0.314 e. The third-order valence-electron chi connectivity index (χ3n) is 2.96. The molecule has 0 aliphatic heterocycles. The lowest BCUT2D eigenvalue weighted by atomic mass is 9.94. The van der Waals surface area contributed by atoms with Gasteiger partial charge in [0.25, 0.3) is 0 Å². The number of carboxylic acid groups (broad SMARTS) is 1. The standard InChI is InChI=1S/C11H11FO4/c1-16-9-6(2-3-7(12)8(9)13)11(4-5-11)10(14)15/h2-3,13H,4-5H2,1H3,(H,14,15). The van der Waals surface area contributed by atoms with Gasteiger partial charge in [-0.1, -0.05) is 6.07 Å². The maximum atomic E-state index is 13.1. The van der Waals surface area contributed by atoms with Crippen molar-refractivity contribution in [2.75, 3.05) is 7.11 Å². The summed E-state index contributed by atoms with van der Waals surface area (Å²) in [4.78, 5) is 11.1. The third kappa shape index (κ3) is 1.31. The number of hydrogen-bond acceptors (Lipinski definition) is 3. The van der Waals surface area contributed by atoms with Crippen LogP contribution in [-0.2, 0) is 10.2 Å². The van der Waals surface area contributed by atoms with Gasteiger partial charge in [-0.2, -0.15) is 0 Å². The van der Waals surface area contributed by atoms with E-state index in [0.717, 1.165) is 6.07 Å². The highest BCUT2D eigenvalue weighted by Gasteiger charge is 2.53. The van der Waals surface area contributed by atoms with Crippen molar-refractivity contribution >= 4 is 5.97 Å². The predicted octanol–water partition coefficient (Wildman–Crippen LogP) is 1.66. The zero-order valence-electron chi connectivity index (χ0n) is 8.66. The van der Waals surface area contributed by atoms with Crippen LogP contribution in [0.2, 0.25) is 0 Å². The Hall–Kier alpha value is -1.78. The van der Waals surface area contributed by atoms with E-state index in [2.05, 4.69) is 0 Å². The Morgan fingerprint density at radius 2 is 2.12 bits per heavy atom. The predicted molar refractivity (Wildman–Crippen MR) is 53.2 cm³/mol. The van der Waals surface area contributed by atoms with Gasteiger partial charge in [-0.05, 0) is 18.9 Å². The number of aliphatic carboxylic acids is 1. The summed E-state index contributed by atoms with van der Waals surface area (Å²) in [6, 6.07) is 2.41. The number of aromatic hydroxyl groups is 1. The monoisotopic (exact) mass is 226 g/mol. The van der Waals surface area contributed by atoms with E-state index in [-0.39, 0.29) is 5.75 Å². The van der Waals surface area contributed by atoms with Gasteiger partial charge in [-0.15, -0.1) is 0 Å². The van der Waals surface area contributed by atoms with Gasteiger partial charge in [-0.25, -0.2) is 4.39 Å². The first kappa shape index (κ1) is 10.7. The minimum Gasteiger partial charge on any atom is -0.502 e. The molecule has 86 valence electrons. The molecule has 0 amide bonds. The van der Waals surface area contributed by atoms with Crippen LogP contribution in [0.25, 0.3) is 0 Å². The number of methoxy groups -OCH3 is 1. The van der Waals surface area contributed by atoms with E-state index in [1.807, 2.05) is 0 Å². The van der Waals surface area contributed by atoms with E-state index in [4.69, 9.17) is 9.84 Å². The van der Waals surface area contributed by atoms with Crippen LogP contribution in [0.1, 0.15) is 18.4 Å². The van der Waals surface area contributed by atoms with Gasteiger partial charge in [0.05, 0.1) is 12.5 Å². The number of halogens is 1. The van der Waals surface area contributed by atoms with Gasteiger partial charge in [0.1, 0.15) is 0 Å². The first-order valence-corrected chi connectivity index (χ1v) is 4.82. The maximum absolute atomic E-state index is 13.1. The second-order valence-corrected chi connectivity index (χ2v) is 3.86. The molecule has 5 heteroatoms. The molecule has 0 unspecified atom stereocenters. The van der Waals surface area contributed by atoms with Crippen LogP contribution in [0.5, 0.6) is 11.5 Å². The molecule has 0 radical (unpaired) electrons. The van der Waals surface area contributed by atoms with Crippen molar-refractivity contribution in [2.24, 2.45) is 0 Å². The number of rotatable bonds is 3. The number of phenolic OH excluding ortho intramolecular Hbond substituents is 1. The van der Waals surface area contributed by atoms with Crippen molar-refractivity contribution in [3.63, 3.8) is 0 Å². The lowest BCUT2D eigenvalue weighted by Crippen LogP contribution is -2.20. The van der Waals surface area contributed by atoms with Crippen LogP contribution in [0.15, 0.2) is 12.1 Å². The van der Waals surface area contributed by atoms with Gasteiger partial charge in [0.15, 0.2) is 17.3 Å². The first-order chi connectivity index (χ1) is 7.53. The SMILES string of the molecule is COc1c(C2(C(=O)O)CC2)ccc(F)c1O. The Balaban J connectivity index is 2.58. The van der Waals surface area contributed by atoms with Crippen molar-refractivity contribution in [1.29, 1.82) is 0 Å². The highest BCUT2D eigenvalue weighted by Crippen LogP contribution is 2.53. The molecule has 1 aliphatic rings. The fourth-order valence-corrected chi connectivity index (χ4v) is 1.85. The Morgan fingerprint density at radius 1 is 1.50 bits per heavy atom. The van der Waals surface area contributed by atoms with E-state index < -0.39 is 23.0 Å². The normalized spacial score (nSPS) is 16.9. The molecular weight excluding hydrogens is 215 g/mol. The summed E-state index contributed by atoms with van der Waals surface area (Å²) >= 11 is 0. The molecule has 0 aromatic heterocycles. The van der Waals surface area contributed by atoms with Crippen molar-refractivity contribution < 1.29 is 24.1 Å². The number of phenols is 1. The third-order valence-corrected chi connectivity index (χ3v) is 2.96. The first-order valence-electron chi connectivity index (χ1n) is 4.82. The van der Waals surface area contributed by atoms with Gasteiger partial charge in [0.2, 0.25) is 0 Å². The van der Waals surface area contributed by atoms with E-state index >= 15 is 0 Å². The average molecular weight is 226 g/mol. The van der Waals surface area contributed by atoms with Crippen molar-refractivity contribution in [1.82, 2.24) is 0 Å². The van der Waals surface area contributed by atoms with Crippen LogP contribution >= 0.6 is 0 Å². The van der Waals surface area contributed by atoms with Gasteiger partial charge in [0, 0.05) is 5.56 Å². The summed E-state index contributed by atoms with van der Waals surface area (Å²) < 4.78 is 18.0. The molecule has 0 spiro atoms. The number of carbonyl (C=O) groups is 1. The minimum atomic E-state index is -1.02. The molecule has 1 aromatic rings. The minimum absolute atomic E-state index is 0.0834. The van der Waals surface area contributed by atoms with E-state index in [1.54, 1.807) is 0 Å². The summed E-state index contributed by atoms with van der Waals surface area (Å²) in [5.41, 5.74) is -0.683. The summed E-state index contributed by atoms with van der Waals surface area (Å²) in [6.45, 7) is 0. The fraction of sp³-hybridized carbons (Fsp3) is 0.364. The summed E-state index contributed by atoms with van der Waals surface area (Å²) in [6.07, 6.45) is 0.952. The Bertz CT molecular complexity index is 452. The van der Waals surface area contributed by atoms with Crippen molar-refractivity contribution in [3.8, 4) is 11.5 Å². The van der Waals surface area contributed by atoms with Crippen molar-refractivity contribution in [2.45, 2.75) is 18.3 Å². The van der Waals surface area contributed by atoms with Gasteiger partial charge < -0.3 is 14.9 Å². The zero-order chi connectivity index (χ0) is 11.9. The molecule has 1 fully saturated rings. The molecule has 16 heavy (non-hydrogen) atoms. The van der Waals surface area contributed by atoms with Crippen LogP contribution < -0.4 is 4.74 Å². The molecule has 4 nitrogen and oxygen atoms in total. The van der Waals surface area contributed by atoms with Crippen LogP contribution in [-0.4, -0.2) is 23.3 Å². The van der Waals surface area contributed by atoms with Gasteiger partial charge >= 0.3 is 5.97 Å². The van der Waals surface area contributed by atoms with Crippen LogP contribution in [0.4, 0.5) is 4.39 Å². The molecule has 1 aliphatic carbocycles. The zero-order valence-corrected chi connectivity index (χ0v) is 8.66. The molecule has 0 heterocycles. The molecule has 2 N–H and O–H groups in total. The molecule has 0 saturated heterocycles. The highest BCUT2D eigenvalue weighted by atomic mass is 19.1. The second kappa shape index (κ2) is 3.37. The Labute approximate surface area is 91.3 Å². The van der Waals surface area contributed by atoms with Gasteiger partial charge in [-0.3, -0.25) is 4.79 Å². The maximum Gasteiger partial charge on any atom is 0.314 e. The summed E-state index contributed by atoms with van der Waals surface area (Å²) in [5, 5.41) is 18.6. The largest absolute Gasteiger partial charge is 0.502 e. The topological polar surface area (TPSA) is 66.8 Å².